The van der Waals surface area contributed by atoms with Crippen LogP contribution in [-0.2, 0) is 37.0 Å². The number of alkyl halides is 3. The summed E-state index contributed by atoms with van der Waals surface area (Å²) in [6, 6.07) is 10.0. The van der Waals surface area contributed by atoms with Crippen molar-refractivity contribution in [3.05, 3.63) is 81.7 Å². The number of hydrogen-bond acceptors (Lipinski definition) is 6. The van der Waals surface area contributed by atoms with Crippen LogP contribution in [0.25, 0.3) is 0 Å². The van der Waals surface area contributed by atoms with Crippen LogP contribution in [-0.4, -0.2) is 69.6 Å². The Balaban J connectivity index is 1.15. The van der Waals surface area contributed by atoms with Gasteiger partial charge in [-0.3, -0.25) is 14.6 Å². The summed E-state index contributed by atoms with van der Waals surface area (Å²) >= 11 is 0. The molecule has 2 bridgehead atoms. The molecule has 224 valence electrons. The highest BCUT2D eigenvalue weighted by atomic mass is 19.4. The number of nitrogen functional groups attached to an aromatic ring is 1. The molecule has 3 aromatic rings. The van der Waals surface area contributed by atoms with E-state index in [0.717, 1.165) is 42.1 Å². The fourth-order valence-electron chi connectivity index (χ4n) is 7.60. The van der Waals surface area contributed by atoms with Crippen LogP contribution in [0.4, 0.5) is 19.1 Å². The minimum atomic E-state index is -4.51. The van der Waals surface area contributed by atoms with Gasteiger partial charge >= 0.3 is 6.18 Å². The topological polar surface area (TPSA) is 87.6 Å². The number of aryl methyl sites for hydroxylation is 1. The van der Waals surface area contributed by atoms with Gasteiger partial charge in [0.25, 0.3) is 0 Å². The first-order valence-electron chi connectivity index (χ1n) is 14.6. The van der Waals surface area contributed by atoms with E-state index in [1.807, 2.05) is 34.8 Å². The Kier molecular flexibility index (Phi) is 7.22. The summed E-state index contributed by atoms with van der Waals surface area (Å²) in [5, 5.41) is 9.13. The van der Waals surface area contributed by atoms with Crippen molar-refractivity contribution in [2.75, 3.05) is 45.1 Å². The van der Waals surface area contributed by atoms with Crippen LogP contribution >= 0.6 is 0 Å². The third-order valence-electron chi connectivity index (χ3n) is 9.85. The van der Waals surface area contributed by atoms with Crippen molar-refractivity contribution < 1.29 is 23.1 Å². The number of ketones is 1. The Hall–Kier alpha value is -3.21. The molecule has 3 saturated carbocycles. The third kappa shape index (κ3) is 5.03. The fourth-order valence-corrected chi connectivity index (χ4v) is 7.60. The van der Waals surface area contributed by atoms with Gasteiger partial charge in [0, 0.05) is 69.4 Å². The number of imidazole rings is 1. The number of nitrogens with two attached hydrogens (primary N) is 1. The van der Waals surface area contributed by atoms with Gasteiger partial charge in [0.15, 0.2) is 11.7 Å². The number of halogens is 3. The molecular weight excluding hydrogens is 543 g/mol. The van der Waals surface area contributed by atoms with Crippen LogP contribution < -0.4 is 5.73 Å². The maximum Gasteiger partial charge on any atom is 0.416 e. The van der Waals surface area contributed by atoms with Crippen molar-refractivity contribution in [2.45, 2.75) is 56.2 Å². The first-order chi connectivity index (χ1) is 19.9. The second-order valence-electron chi connectivity index (χ2n) is 12.6. The number of β-amino-alcohol motifs (C(OH)–C–C–N with tert-alkyl or cyclic N) is 1. The van der Waals surface area contributed by atoms with E-state index in [1.165, 1.54) is 6.07 Å². The van der Waals surface area contributed by atoms with E-state index in [9.17, 15) is 18.0 Å². The molecule has 0 radical (unpaired) electrons. The molecule has 7 rings (SSSR count). The number of rotatable bonds is 9. The van der Waals surface area contributed by atoms with Crippen LogP contribution in [0.1, 0.15) is 63.1 Å². The number of aromatic nitrogens is 2. The molecule has 3 aliphatic carbocycles. The summed E-state index contributed by atoms with van der Waals surface area (Å²) in [6.07, 6.45) is 0.198. The molecule has 0 atom stereocenters. The zero-order chi connectivity index (χ0) is 29.9. The van der Waals surface area contributed by atoms with E-state index >= 15 is 0 Å². The normalized spacial score (nSPS) is 24.3. The van der Waals surface area contributed by atoms with E-state index in [0.29, 0.717) is 49.8 Å². The van der Waals surface area contributed by atoms with Gasteiger partial charge < -0.3 is 15.4 Å². The quantitative estimate of drug-likeness (QED) is 0.368. The number of piperazine rings is 1. The predicted molar refractivity (Wildman–Crippen MR) is 154 cm³/mol. The summed E-state index contributed by atoms with van der Waals surface area (Å²) in [5.74, 6) is 0.323. The Bertz CT molecular complexity index is 1490. The van der Waals surface area contributed by atoms with Crippen molar-refractivity contribution in [1.82, 2.24) is 19.4 Å². The van der Waals surface area contributed by atoms with Gasteiger partial charge in [-0.05, 0) is 66.0 Å². The third-order valence-corrected chi connectivity index (χ3v) is 9.85. The van der Waals surface area contributed by atoms with Gasteiger partial charge in [-0.1, -0.05) is 24.3 Å². The maximum atomic E-state index is 14.1. The number of Topliss-reactive ketones (excluding diaryl/α,β-unsaturated/α-hetero) is 1. The van der Waals surface area contributed by atoms with Crippen LogP contribution in [0, 0.1) is 6.92 Å². The SMILES string of the molecule is Cc1ccc(C(=O)Cc2ccc(CN3CCN(CCO)CC3)c(C(F)(F)F)c2)cc1C12CC(c3cnc(N)n3C)(C1)C2. The number of anilines is 1. The monoisotopic (exact) mass is 581 g/mol. The molecule has 7 nitrogen and oxygen atoms in total. The van der Waals surface area contributed by atoms with Gasteiger partial charge in [-0.2, -0.15) is 13.2 Å². The Morgan fingerprint density at radius 1 is 1.02 bits per heavy atom. The number of carbonyl (C=O) groups excluding carboxylic acids is 1. The summed E-state index contributed by atoms with van der Waals surface area (Å²) in [6.45, 7) is 5.63. The van der Waals surface area contributed by atoms with E-state index in [2.05, 4.69) is 16.8 Å². The lowest BCUT2D eigenvalue weighted by molar-refractivity contribution is -0.138. The van der Waals surface area contributed by atoms with E-state index in [-0.39, 0.29) is 41.7 Å². The highest BCUT2D eigenvalue weighted by Gasteiger charge is 2.70. The predicted octanol–water partition coefficient (Wildman–Crippen LogP) is 4.24. The van der Waals surface area contributed by atoms with Gasteiger partial charge in [0.1, 0.15) is 0 Å². The van der Waals surface area contributed by atoms with Crippen LogP contribution in [0.5, 0.6) is 0 Å². The lowest BCUT2D eigenvalue weighted by atomic mass is 9.32. The summed E-state index contributed by atoms with van der Waals surface area (Å²) in [7, 11) is 1.94. The minimum absolute atomic E-state index is 0.0219. The Labute approximate surface area is 244 Å². The number of nitrogens with zero attached hydrogens (tertiary/aromatic N) is 4. The molecule has 4 aliphatic rings. The lowest BCUT2D eigenvalue weighted by Gasteiger charge is -2.71. The number of hydrogen-bond donors (Lipinski definition) is 2. The Morgan fingerprint density at radius 3 is 2.33 bits per heavy atom. The van der Waals surface area contributed by atoms with Gasteiger partial charge in [-0.25, -0.2) is 4.98 Å². The molecular formula is C32H38F3N5O2. The van der Waals surface area contributed by atoms with Crippen molar-refractivity contribution in [1.29, 1.82) is 0 Å². The second kappa shape index (κ2) is 10.5. The van der Waals surface area contributed by atoms with E-state index in [4.69, 9.17) is 10.8 Å². The molecule has 1 saturated heterocycles. The molecule has 2 heterocycles. The fraction of sp³-hybridized carbons (Fsp3) is 0.500. The molecule has 0 amide bonds. The van der Waals surface area contributed by atoms with Crippen molar-refractivity contribution in [2.24, 2.45) is 7.05 Å². The summed E-state index contributed by atoms with van der Waals surface area (Å²) in [5.41, 5.74) is 9.95. The molecule has 10 heteroatoms. The van der Waals surface area contributed by atoms with E-state index in [1.54, 1.807) is 12.1 Å². The van der Waals surface area contributed by atoms with E-state index < -0.39 is 11.7 Å². The molecule has 3 N–H and O–H groups in total. The largest absolute Gasteiger partial charge is 0.416 e. The van der Waals surface area contributed by atoms with Gasteiger partial charge in [-0.15, -0.1) is 0 Å². The van der Waals surface area contributed by atoms with Gasteiger partial charge in [0.05, 0.1) is 18.4 Å². The summed E-state index contributed by atoms with van der Waals surface area (Å²) in [4.78, 5) is 21.7. The maximum absolute atomic E-state index is 14.1. The minimum Gasteiger partial charge on any atom is -0.395 e. The average Bonchev–Trinajstić information content (AvgIpc) is 3.23. The molecule has 0 spiro atoms. The van der Waals surface area contributed by atoms with Crippen LogP contribution in [0.2, 0.25) is 0 Å². The molecule has 42 heavy (non-hydrogen) atoms. The molecule has 0 unspecified atom stereocenters. The number of aliphatic hydroxyl groups excluding tert-OH is 1. The van der Waals surface area contributed by atoms with Crippen LogP contribution in [0.15, 0.2) is 42.6 Å². The molecule has 1 aliphatic heterocycles. The van der Waals surface area contributed by atoms with Crippen molar-refractivity contribution in [3.8, 4) is 0 Å². The standard InChI is InChI=1S/C32H38F3N5O2/c1-21-3-5-23(15-25(21)30-18-31(19-30,20-30)28-16-37-29(36)38(28)2)27(42)14-22-4-6-24(26(13-22)32(33,34)35)17-40-9-7-39(8-10-40)11-12-41/h3-6,13,15-16,41H,7-12,14,17-20H2,1-2H3,(H2,36,37). The zero-order valence-corrected chi connectivity index (χ0v) is 24.2. The second-order valence-corrected chi connectivity index (χ2v) is 12.6. The molecule has 4 fully saturated rings. The Morgan fingerprint density at radius 2 is 1.71 bits per heavy atom. The van der Waals surface area contributed by atoms with Gasteiger partial charge in [0.2, 0.25) is 0 Å². The highest BCUT2D eigenvalue weighted by Crippen LogP contribution is 2.74. The van der Waals surface area contributed by atoms with Crippen molar-refractivity contribution >= 4 is 11.7 Å². The summed E-state index contributed by atoms with van der Waals surface area (Å²) < 4.78 is 44.3. The number of aliphatic hydroxyl groups is 1. The number of benzene rings is 2. The average molecular weight is 582 g/mol. The molecule has 1 aromatic heterocycles. The van der Waals surface area contributed by atoms with Crippen LogP contribution in [0.3, 0.4) is 0 Å². The first-order valence-corrected chi connectivity index (χ1v) is 14.6. The first kappa shape index (κ1) is 28.9. The number of carbonyl (C=O) groups is 1. The van der Waals surface area contributed by atoms with Crippen molar-refractivity contribution in [3.63, 3.8) is 0 Å². The smallest absolute Gasteiger partial charge is 0.395 e. The highest BCUT2D eigenvalue weighted by molar-refractivity contribution is 5.98. The zero-order valence-electron chi connectivity index (χ0n) is 24.2. The molecule has 2 aromatic carbocycles. The lowest BCUT2D eigenvalue weighted by Crippen LogP contribution is -2.68.